The van der Waals surface area contributed by atoms with Crippen molar-refractivity contribution in [3.63, 3.8) is 0 Å². The lowest BCUT2D eigenvalue weighted by atomic mass is 9.98. The number of sulfone groups is 1. The molecule has 2 amide bonds. The molecule has 0 aliphatic carbocycles. The predicted octanol–water partition coefficient (Wildman–Crippen LogP) is 4.15. The lowest BCUT2D eigenvalue weighted by Crippen LogP contribution is -2.36. The van der Waals surface area contributed by atoms with Gasteiger partial charge in [0.15, 0.2) is 0 Å². The SMILES string of the molecule is CSc1sc(C(=N)N)cc1S(=O)(=O)c1cccc(-c2c(C)cccc2NC(=O)CSC(OC(=O)C(F)(F)F)C(N)=O)c1. The van der Waals surface area contributed by atoms with Crippen LogP contribution in [0.3, 0.4) is 0 Å². The van der Waals surface area contributed by atoms with E-state index in [1.165, 1.54) is 42.1 Å². The van der Waals surface area contributed by atoms with Crippen LogP contribution >= 0.6 is 34.9 Å². The highest BCUT2D eigenvalue weighted by Crippen LogP contribution is 2.39. The van der Waals surface area contributed by atoms with Gasteiger partial charge < -0.3 is 21.5 Å². The van der Waals surface area contributed by atoms with E-state index in [4.69, 9.17) is 16.9 Å². The number of carbonyl (C=O) groups is 3. The molecule has 0 aliphatic heterocycles. The van der Waals surface area contributed by atoms with Crippen molar-refractivity contribution in [1.29, 1.82) is 5.41 Å². The van der Waals surface area contributed by atoms with Crippen LogP contribution in [0.15, 0.2) is 62.5 Å². The molecule has 1 heterocycles. The first-order chi connectivity index (χ1) is 19.6. The molecular weight excluding hydrogens is 638 g/mol. The smallest absolute Gasteiger partial charge is 0.434 e. The first-order valence-electron chi connectivity index (χ1n) is 11.5. The number of rotatable bonds is 11. The molecule has 0 saturated carbocycles. The fourth-order valence-electron chi connectivity index (χ4n) is 3.60. The third-order valence-corrected chi connectivity index (χ3v) is 10.8. The Kier molecular flexibility index (Phi) is 10.3. The molecule has 3 aromatic rings. The summed E-state index contributed by atoms with van der Waals surface area (Å²) < 4.78 is 69.2. The molecule has 3 rings (SSSR count). The highest BCUT2D eigenvalue weighted by molar-refractivity contribution is 8.01. The van der Waals surface area contributed by atoms with Gasteiger partial charge in [0.25, 0.3) is 5.91 Å². The van der Waals surface area contributed by atoms with Crippen molar-refractivity contribution in [2.75, 3.05) is 17.3 Å². The molecule has 0 radical (unpaired) electrons. The van der Waals surface area contributed by atoms with Gasteiger partial charge in [-0.2, -0.15) is 13.2 Å². The van der Waals surface area contributed by atoms with E-state index in [0.29, 0.717) is 25.8 Å². The van der Waals surface area contributed by atoms with Crippen molar-refractivity contribution in [3.05, 3.63) is 59.0 Å². The monoisotopic (exact) mass is 660 g/mol. The first kappa shape index (κ1) is 33.0. The van der Waals surface area contributed by atoms with E-state index in [-0.39, 0.29) is 33.1 Å². The molecule has 1 atom stereocenters. The summed E-state index contributed by atoms with van der Waals surface area (Å²) in [6.45, 7) is 1.73. The van der Waals surface area contributed by atoms with Crippen LogP contribution in [0.4, 0.5) is 18.9 Å². The molecular formula is C25H23F3N4O6S4. The Labute approximate surface area is 250 Å². The lowest BCUT2D eigenvalue weighted by Gasteiger charge is -2.17. The van der Waals surface area contributed by atoms with Gasteiger partial charge in [0.05, 0.1) is 24.6 Å². The molecule has 1 unspecified atom stereocenters. The Hall–Kier alpha value is -3.54. The molecule has 0 spiro atoms. The summed E-state index contributed by atoms with van der Waals surface area (Å²) in [4.78, 5) is 35.5. The average molecular weight is 661 g/mol. The number of alkyl halides is 3. The number of benzene rings is 2. The zero-order valence-corrected chi connectivity index (χ0v) is 25.0. The second-order valence-corrected chi connectivity index (χ2v) is 13.5. The molecule has 17 heteroatoms. The third kappa shape index (κ3) is 7.64. The maximum absolute atomic E-state index is 13.6. The van der Waals surface area contributed by atoms with Gasteiger partial charge in [-0.1, -0.05) is 36.0 Å². The number of nitrogen functional groups attached to an aromatic ring is 1. The minimum absolute atomic E-state index is 0.00733. The van der Waals surface area contributed by atoms with Gasteiger partial charge in [-0.15, -0.1) is 23.1 Å². The van der Waals surface area contributed by atoms with E-state index >= 15 is 0 Å². The number of aryl methyl sites for hydroxylation is 1. The highest BCUT2D eigenvalue weighted by atomic mass is 32.2. The fraction of sp³-hybridized carbons (Fsp3) is 0.200. The number of amides is 2. The van der Waals surface area contributed by atoms with Gasteiger partial charge in [0.1, 0.15) is 5.84 Å². The van der Waals surface area contributed by atoms with Crippen LogP contribution in [0.5, 0.6) is 0 Å². The van der Waals surface area contributed by atoms with Crippen LogP contribution in [0.25, 0.3) is 11.1 Å². The number of hydrogen-bond acceptors (Lipinski definition) is 10. The number of thioether (sulfide) groups is 2. The summed E-state index contributed by atoms with van der Waals surface area (Å²) >= 11 is 2.58. The van der Waals surface area contributed by atoms with E-state index in [0.717, 1.165) is 11.3 Å². The number of anilines is 1. The number of ether oxygens (including phenoxy) is 1. The Bertz CT molecular complexity index is 1660. The number of halogens is 3. The van der Waals surface area contributed by atoms with E-state index in [2.05, 4.69) is 10.1 Å². The number of esters is 1. The van der Waals surface area contributed by atoms with Crippen molar-refractivity contribution >= 4 is 74.0 Å². The molecule has 6 N–H and O–H groups in total. The molecule has 10 nitrogen and oxygen atoms in total. The van der Waals surface area contributed by atoms with Crippen LogP contribution < -0.4 is 16.8 Å². The average Bonchev–Trinajstić information content (AvgIpc) is 3.36. The largest absolute Gasteiger partial charge is 0.490 e. The van der Waals surface area contributed by atoms with Crippen LogP contribution in [-0.2, 0) is 29.0 Å². The third-order valence-electron chi connectivity index (χ3n) is 5.43. The van der Waals surface area contributed by atoms with Crippen molar-refractivity contribution < 1.29 is 40.7 Å². The highest BCUT2D eigenvalue weighted by Gasteiger charge is 2.43. The standard InChI is InChI=1S/C25H23F3N4O6S4/c1-12-5-3-8-15(32-18(33)11-40-22(21(31)34)38-24(35)25(26,27)28)19(12)13-6-4-7-14(9-13)42(36,37)17-10-16(20(29)30)41-23(17)39-2/h3-10,22H,11H2,1-2H3,(H3,29,30)(H2,31,34)(H,32,33). The zero-order valence-electron chi connectivity index (χ0n) is 21.8. The van der Waals surface area contributed by atoms with Crippen LogP contribution in [0.2, 0.25) is 0 Å². The summed E-state index contributed by atoms with van der Waals surface area (Å²) in [6, 6.07) is 12.2. The van der Waals surface area contributed by atoms with Gasteiger partial charge in [-0.3, -0.25) is 15.0 Å². The summed E-state index contributed by atoms with van der Waals surface area (Å²) in [5.41, 5.74) is 10.3. The first-order valence-corrected chi connectivity index (χ1v) is 16.1. The second kappa shape index (κ2) is 13.2. The van der Waals surface area contributed by atoms with Gasteiger partial charge in [0.2, 0.25) is 21.2 Å². The van der Waals surface area contributed by atoms with Crippen LogP contribution in [0.1, 0.15) is 10.4 Å². The van der Waals surface area contributed by atoms with Crippen LogP contribution in [-0.4, -0.2) is 55.7 Å². The maximum Gasteiger partial charge on any atom is 0.490 e. The van der Waals surface area contributed by atoms with E-state index in [9.17, 15) is 36.0 Å². The molecule has 0 saturated heterocycles. The Morgan fingerprint density at radius 2 is 1.79 bits per heavy atom. The maximum atomic E-state index is 13.6. The van der Waals surface area contributed by atoms with E-state index in [1.807, 2.05) is 0 Å². The zero-order chi connectivity index (χ0) is 31.4. The summed E-state index contributed by atoms with van der Waals surface area (Å²) in [6.07, 6.45) is -3.65. The quantitative estimate of drug-likeness (QED) is 0.0772. The molecule has 2 aromatic carbocycles. The summed E-state index contributed by atoms with van der Waals surface area (Å²) in [5.74, 6) is -5.63. The molecule has 0 fully saturated rings. The second-order valence-electron chi connectivity index (χ2n) is 8.41. The number of thiophene rings is 1. The van der Waals surface area contributed by atoms with Gasteiger partial charge in [-0.05, 0) is 48.6 Å². The number of hydrogen-bond donors (Lipinski definition) is 4. The summed E-state index contributed by atoms with van der Waals surface area (Å²) in [5, 5.41) is 10.3. The topological polar surface area (TPSA) is 182 Å². The number of amidine groups is 1. The number of nitrogens with one attached hydrogen (secondary N) is 2. The summed E-state index contributed by atoms with van der Waals surface area (Å²) in [7, 11) is -4.04. The van der Waals surface area contributed by atoms with Crippen molar-refractivity contribution in [2.45, 2.75) is 32.5 Å². The van der Waals surface area contributed by atoms with Gasteiger partial charge >= 0.3 is 12.1 Å². The molecule has 42 heavy (non-hydrogen) atoms. The van der Waals surface area contributed by atoms with Gasteiger partial charge in [-0.25, -0.2) is 13.2 Å². The normalized spacial score (nSPS) is 12.4. The molecule has 0 bridgehead atoms. The van der Waals surface area contributed by atoms with Crippen molar-refractivity contribution in [1.82, 2.24) is 0 Å². The minimum atomic E-state index is -5.36. The Balaban J connectivity index is 1.89. The van der Waals surface area contributed by atoms with E-state index < -0.39 is 45.0 Å². The number of primary amides is 1. The molecule has 0 aliphatic rings. The van der Waals surface area contributed by atoms with Gasteiger partial charge in [0, 0.05) is 11.3 Å². The number of carbonyl (C=O) groups excluding carboxylic acids is 3. The predicted molar refractivity (Wildman–Crippen MR) is 155 cm³/mol. The Morgan fingerprint density at radius 1 is 1.12 bits per heavy atom. The van der Waals surface area contributed by atoms with E-state index in [1.54, 1.807) is 31.4 Å². The van der Waals surface area contributed by atoms with Crippen LogP contribution in [0, 0.1) is 12.3 Å². The minimum Gasteiger partial charge on any atom is -0.434 e. The van der Waals surface area contributed by atoms with Crippen molar-refractivity contribution in [3.8, 4) is 11.1 Å². The van der Waals surface area contributed by atoms with Crippen molar-refractivity contribution in [2.24, 2.45) is 11.5 Å². The molecule has 224 valence electrons. The fourth-order valence-corrected chi connectivity index (χ4v) is 8.19. The lowest BCUT2D eigenvalue weighted by molar-refractivity contribution is -0.201. The number of nitrogens with two attached hydrogens (primary N) is 2. The molecule has 1 aromatic heterocycles. The Morgan fingerprint density at radius 3 is 2.38 bits per heavy atom.